The predicted molar refractivity (Wildman–Crippen MR) is 104 cm³/mol. The number of hydrogen-bond donors (Lipinski definition) is 0. The molecule has 2 heterocycles. The second-order valence-electron chi connectivity index (χ2n) is 6.32. The van der Waals surface area contributed by atoms with Crippen LogP contribution in [0.5, 0.6) is 11.8 Å². The fourth-order valence-electron chi connectivity index (χ4n) is 2.91. The van der Waals surface area contributed by atoms with Crippen molar-refractivity contribution in [2.75, 3.05) is 0 Å². The zero-order valence-corrected chi connectivity index (χ0v) is 15.3. The Bertz CT molecular complexity index is 1280. The molecule has 0 aliphatic rings. The van der Waals surface area contributed by atoms with E-state index in [-0.39, 0.29) is 22.9 Å². The quantitative estimate of drug-likeness (QED) is 0.409. The number of hydrogen-bond acceptors (Lipinski definition) is 8. The molecule has 0 saturated heterocycles. The summed E-state index contributed by atoms with van der Waals surface area (Å²) in [5.41, 5.74) is 1.51. The number of nitrogens with zero attached hydrogens (tertiary/aromatic N) is 2. The van der Waals surface area contributed by atoms with Gasteiger partial charge in [-0.2, -0.15) is 0 Å². The lowest BCUT2D eigenvalue weighted by atomic mass is 10.1. The van der Waals surface area contributed by atoms with Gasteiger partial charge in [-0.25, -0.2) is 9.59 Å². The van der Waals surface area contributed by atoms with E-state index in [0.717, 1.165) is 0 Å². The Morgan fingerprint density at radius 1 is 0.600 bits per heavy atom. The first-order valence-electron chi connectivity index (χ1n) is 8.92. The third-order valence-corrected chi connectivity index (χ3v) is 4.42. The lowest BCUT2D eigenvalue weighted by Crippen LogP contribution is -2.11. The molecule has 0 unspecified atom stereocenters. The van der Waals surface area contributed by atoms with Crippen LogP contribution in [-0.4, -0.2) is 22.3 Å². The third kappa shape index (κ3) is 3.16. The summed E-state index contributed by atoms with van der Waals surface area (Å²) in [4.78, 5) is 24.8. The van der Waals surface area contributed by atoms with Crippen LogP contribution >= 0.6 is 0 Å². The van der Waals surface area contributed by atoms with Gasteiger partial charge in [0.05, 0.1) is 21.9 Å². The molecule has 0 radical (unpaired) electrons. The molecule has 0 bridgehead atoms. The molecule has 0 fully saturated rings. The summed E-state index contributed by atoms with van der Waals surface area (Å²) in [7, 11) is 0. The number of ether oxygens (including phenoxy) is 2. The monoisotopic (exact) mass is 400 g/mol. The Morgan fingerprint density at radius 3 is 1.43 bits per heavy atom. The molecule has 5 rings (SSSR count). The third-order valence-electron chi connectivity index (χ3n) is 4.42. The van der Waals surface area contributed by atoms with Gasteiger partial charge >= 0.3 is 11.9 Å². The van der Waals surface area contributed by atoms with Crippen molar-refractivity contribution in [1.82, 2.24) is 10.3 Å². The maximum atomic E-state index is 12.4. The lowest BCUT2D eigenvalue weighted by Gasteiger charge is -2.03. The Balaban J connectivity index is 1.31. The molecule has 3 aromatic carbocycles. The number of carbonyl (C=O) groups is 2. The first-order chi connectivity index (χ1) is 14.7. The number of aromatic nitrogens is 2. The highest BCUT2D eigenvalue weighted by Gasteiger charge is 2.18. The van der Waals surface area contributed by atoms with Gasteiger partial charge in [-0.1, -0.05) is 24.3 Å². The van der Waals surface area contributed by atoms with Crippen molar-refractivity contribution in [3.8, 4) is 11.8 Å². The molecule has 0 spiro atoms. The zero-order valence-electron chi connectivity index (χ0n) is 15.3. The van der Waals surface area contributed by atoms with Gasteiger partial charge in [0.2, 0.25) is 0 Å². The Hall–Kier alpha value is -4.46. The average Bonchev–Trinajstić information content (AvgIpc) is 3.38. The van der Waals surface area contributed by atoms with Crippen molar-refractivity contribution < 1.29 is 28.1 Å². The van der Waals surface area contributed by atoms with Crippen LogP contribution in [0.25, 0.3) is 21.9 Å². The van der Waals surface area contributed by atoms with E-state index in [9.17, 15) is 9.59 Å². The summed E-state index contributed by atoms with van der Waals surface area (Å²) in [6.07, 6.45) is 0. The van der Waals surface area contributed by atoms with Crippen molar-refractivity contribution in [3.63, 3.8) is 0 Å². The summed E-state index contributed by atoms with van der Waals surface area (Å²) in [6.45, 7) is 0. The number of esters is 2. The first kappa shape index (κ1) is 17.6. The Morgan fingerprint density at radius 2 is 1.00 bits per heavy atom. The molecule has 8 heteroatoms. The number of benzene rings is 3. The maximum Gasteiger partial charge on any atom is 0.344 e. The SMILES string of the molecule is O=C(Oc1noc2ccccc12)c1ccc(C(=O)Oc2noc3ccccc23)cc1. The lowest BCUT2D eigenvalue weighted by molar-refractivity contribution is 0.0709. The Kier molecular flexibility index (Phi) is 4.21. The maximum absolute atomic E-state index is 12.4. The molecular formula is C22H12N2O6. The van der Waals surface area contributed by atoms with E-state index in [0.29, 0.717) is 21.9 Å². The summed E-state index contributed by atoms with van der Waals surface area (Å²) in [6, 6.07) is 19.9. The minimum Gasteiger partial charge on any atom is -0.400 e. The van der Waals surface area contributed by atoms with Gasteiger partial charge in [0.25, 0.3) is 11.8 Å². The molecule has 30 heavy (non-hydrogen) atoms. The van der Waals surface area contributed by atoms with Crippen molar-refractivity contribution >= 4 is 33.9 Å². The van der Waals surface area contributed by atoms with Crippen LogP contribution in [0.2, 0.25) is 0 Å². The van der Waals surface area contributed by atoms with E-state index in [1.54, 1.807) is 48.5 Å². The van der Waals surface area contributed by atoms with Crippen molar-refractivity contribution in [3.05, 3.63) is 83.9 Å². The highest BCUT2D eigenvalue weighted by atomic mass is 16.6. The average molecular weight is 400 g/mol. The minimum atomic E-state index is -0.628. The highest BCUT2D eigenvalue weighted by molar-refractivity contribution is 5.97. The normalized spacial score (nSPS) is 10.9. The van der Waals surface area contributed by atoms with Gasteiger partial charge < -0.3 is 18.5 Å². The van der Waals surface area contributed by atoms with Crippen LogP contribution in [0.3, 0.4) is 0 Å². The molecular weight excluding hydrogens is 388 g/mol. The first-order valence-corrected chi connectivity index (χ1v) is 8.92. The fourth-order valence-corrected chi connectivity index (χ4v) is 2.91. The molecule has 0 aliphatic heterocycles. The largest absolute Gasteiger partial charge is 0.400 e. The van der Waals surface area contributed by atoms with Crippen LogP contribution < -0.4 is 9.47 Å². The van der Waals surface area contributed by atoms with Crippen LogP contribution in [0.1, 0.15) is 20.7 Å². The van der Waals surface area contributed by atoms with Gasteiger partial charge in [-0.3, -0.25) is 0 Å². The van der Waals surface area contributed by atoms with Gasteiger partial charge in [-0.15, -0.1) is 0 Å². The number of carbonyl (C=O) groups excluding carboxylic acids is 2. The molecule has 0 saturated carbocycles. The topological polar surface area (TPSA) is 105 Å². The number of para-hydroxylation sites is 2. The van der Waals surface area contributed by atoms with Crippen molar-refractivity contribution in [2.24, 2.45) is 0 Å². The molecule has 146 valence electrons. The molecule has 0 N–H and O–H groups in total. The summed E-state index contributed by atoms with van der Waals surface area (Å²) >= 11 is 0. The molecule has 0 atom stereocenters. The second kappa shape index (κ2) is 7.17. The van der Waals surface area contributed by atoms with Crippen molar-refractivity contribution in [2.45, 2.75) is 0 Å². The minimum absolute atomic E-state index is 0.0806. The second-order valence-corrected chi connectivity index (χ2v) is 6.32. The predicted octanol–water partition coefficient (Wildman–Crippen LogP) is 4.41. The van der Waals surface area contributed by atoms with E-state index >= 15 is 0 Å². The highest BCUT2D eigenvalue weighted by Crippen LogP contribution is 2.26. The molecule has 2 aromatic heterocycles. The standard InChI is InChI=1S/C22H12N2O6/c25-21(27-19-15-5-1-3-7-17(15)29-23-19)13-9-11-14(12-10-13)22(26)28-20-16-6-2-4-8-18(16)30-24-20/h1-12H. The van der Waals surface area contributed by atoms with Crippen molar-refractivity contribution in [1.29, 1.82) is 0 Å². The van der Waals surface area contributed by atoms with Crippen LogP contribution in [0, 0.1) is 0 Å². The van der Waals surface area contributed by atoms with Gasteiger partial charge in [0, 0.05) is 0 Å². The van der Waals surface area contributed by atoms with E-state index in [1.807, 2.05) is 0 Å². The van der Waals surface area contributed by atoms with E-state index in [1.165, 1.54) is 24.3 Å². The summed E-state index contributed by atoms with van der Waals surface area (Å²) in [5, 5.41) is 8.71. The molecule has 8 nitrogen and oxygen atoms in total. The van der Waals surface area contributed by atoms with E-state index in [4.69, 9.17) is 18.5 Å². The number of fused-ring (bicyclic) bond motifs is 2. The van der Waals surface area contributed by atoms with Gasteiger partial charge in [0.15, 0.2) is 11.2 Å². The molecule has 0 aliphatic carbocycles. The fraction of sp³-hybridized carbons (Fsp3) is 0. The smallest absolute Gasteiger partial charge is 0.344 e. The zero-order chi connectivity index (χ0) is 20.5. The van der Waals surface area contributed by atoms with Gasteiger partial charge in [0.1, 0.15) is 0 Å². The van der Waals surface area contributed by atoms with Crippen LogP contribution in [0.4, 0.5) is 0 Å². The van der Waals surface area contributed by atoms with Crippen LogP contribution in [0.15, 0.2) is 81.8 Å². The Labute approximate surface area is 168 Å². The van der Waals surface area contributed by atoms with E-state index < -0.39 is 11.9 Å². The van der Waals surface area contributed by atoms with Crippen LogP contribution in [-0.2, 0) is 0 Å². The van der Waals surface area contributed by atoms with Gasteiger partial charge in [-0.05, 0) is 58.8 Å². The molecule has 5 aromatic rings. The summed E-state index contributed by atoms with van der Waals surface area (Å²) in [5.74, 6) is -1.10. The molecule has 0 amide bonds. The number of rotatable bonds is 4. The summed E-state index contributed by atoms with van der Waals surface area (Å²) < 4.78 is 20.8. The van der Waals surface area contributed by atoms with E-state index in [2.05, 4.69) is 10.3 Å².